The van der Waals surface area contributed by atoms with Crippen molar-refractivity contribution >= 4 is 5.95 Å². The van der Waals surface area contributed by atoms with Crippen molar-refractivity contribution in [3.8, 4) is 0 Å². The first-order valence-corrected chi connectivity index (χ1v) is 5.89. The fraction of sp³-hybridized carbons (Fsp3) is 0.667. The Morgan fingerprint density at radius 1 is 1.50 bits per heavy atom. The molecule has 4 nitrogen and oxygen atoms in total. The average molecular weight is 221 g/mol. The minimum Gasteiger partial charge on any atom is -0.396 e. The summed E-state index contributed by atoms with van der Waals surface area (Å²) in [5.74, 6) is 0.698. The van der Waals surface area contributed by atoms with Crippen LogP contribution < -0.4 is 5.32 Å². The third-order valence-electron chi connectivity index (χ3n) is 3.47. The third kappa shape index (κ3) is 2.50. The molecular formula is C12H19N3O. The Balaban J connectivity index is 1.91. The summed E-state index contributed by atoms with van der Waals surface area (Å²) in [6.45, 7) is 3.10. The van der Waals surface area contributed by atoms with Gasteiger partial charge in [-0.15, -0.1) is 0 Å². The molecule has 4 heteroatoms. The molecule has 0 radical (unpaired) electrons. The van der Waals surface area contributed by atoms with Crippen molar-refractivity contribution in [3.05, 3.63) is 18.0 Å². The van der Waals surface area contributed by atoms with E-state index < -0.39 is 0 Å². The number of aromatic nitrogens is 2. The molecule has 0 aromatic carbocycles. The molecule has 0 atom stereocenters. The summed E-state index contributed by atoms with van der Waals surface area (Å²) in [6.07, 6.45) is 6.32. The number of rotatable bonds is 5. The van der Waals surface area contributed by atoms with Crippen LogP contribution in [0.25, 0.3) is 0 Å². The minimum atomic E-state index is 0.274. The molecule has 1 aromatic heterocycles. The second kappa shape index (κ2) is 4.78. The van der Waals surface area contributed by atoms with Crippen molar-refractivity contribution in [2.24, 2.45) is 5.41 Å². The van der Waals surface area contributed by atoms with Gasteiger partial charge in [-0.2, -0.15) is 0 Å². The summed E-state index contributed by atoms with van der Waals surface area (Å²) in [4.78, 5) is 8.49. The van der Waals surface area contributed by atoms with Crippen LogP contribution in [0, 0.1) is 12.3 Å². The summed E-state index contributed by atoms with van der Waals surface area (Å²) < 4.78 is 0. The molecule has 0 saturated heterocycles. The van der Waals surface area contributed by atoms with E-state index in [0.29, 0.717) is 5.95 Å². The zero-order valence-corrected chi connectivity index (χ0v) is 9.74. The molecule has 1 heterocycles. The fourth-order valence-electron chi connectivity index (χ4n) is 2.23. The van der Waals surface area contributed by atoms with Crippen molar-refractivity contribution in [1.82, 2.24) is 9.97 Å². The molecule has 0 spiro atoms. The lowest BCUT2D eigenvalue weighted by Gasteiger charge is -2.41. The second-order valence-corrected chi connectivity index (χ2v) is 4.70. The maximum atomic E-state index is 9.05. The highest BCUT2D eigenvalue weighted by Gasteiger charge is 2.36. The molecule has 1 aliphatic carbocycles. The van der Waals surface area contributed by atoms with E-state index in [2.05, 4.69) is 15.3 Å². The maximum absolute atomic E-state index is 9.05. The Morgan fingerprint density at radius 3 is 2.88 bits per heavy atom. The second-order valence-electron chi connectivity index (χ2n) is 4.70. The van der Waals surface area contributed by atoms with Crippen molar-refractivity contribution < 1.29 is 5.11 Å². The molecule has 0 unspecified atom stereocenters. The maximum Gasteiger partial charge on any atom is 0.222 e. The highest BCUT2D eigenvalue weighted by atomic mass is 16.3. The van der Waals surface area contributed by atoms with E-state index in [4.69, 9.17) is 5.11 Å². The van der Waals surface area contributed by atoms with Crippen LogP contribution in [0.5, 0.6) is 0 Å². The van der Waals surface area contributed by atoms with Crippen LogP contribution in [0.2, 0.25) is 0 Å². The van der Waals surface area contributed by atoms with E-state index in [-0.39, 0.29) is 12.0 Å². The van der Waals surface area contributed by atoms with Gasteiger partial charge < -0.3 is 10.4 Å². The Morgan fingerprint density at radius 2 is 2.31 bits per heavy atom. The van der Waals surface area contributed by atoms with Crippen LogP contribution in [-0.2, 0) is 0 Å². The normalized spacial score (nSPS) is 17.9. The Hall–Kier alpha value is -1.16. The van der Waals surface area contributed by atoms with Gasteiger partial charge in [0.1, 0.15) is 0 Å². The quantitative estimate of drug-likeness (QED) is 0.795. The van der Waals surface area contributed by atoms with Crippen LogP contribution >= 0.6 is 0 Å². The lowest BCUT2D eigenvalue weighted by molar-refractivity contribution is 0.101. The van der Waals surface area contributed by atoms with Gasteiger partial charge >= 0.3 is 0 Å². The minimum absolute atomic E-state index is 0.274. The largest absolute Gasteiger partial charge is 0.396 e. The topological polar surface area (TPSA) is 58.0 Å². The van der Waals surface area contributed by atoms with Crippen LogP contribution in [0.3, 0.4) is 0 Å². The van der Waals surface area contributed by atoms with E-state index in [1.807, 2.05) is 13.0 Å². The Bertz CT molecular complexity index is 350. The van der Waals surface area contributed by atoms with Gasteiger partial charge in [-0.25, -0.2) is 9.97 Å². The number of hydrogen-bond donors (Lipinski definition) is 2. The summed E-state index contributed by atoms with van der Waals surface area (Å²) in [7, 11) is 0. The van der Waals surface area contributed by atoms with Gasteiger partial charge in [0.15, 0.2) is 0 Å². The van der Waals surface area contributed by atoms with E-state index in [9.17, 15) is 0 Å². The summed E-state index contributed by atoms with van der Waals surface area (Å²) >= 11 is 0. The first-order valence-electron chi connectivity index (χ1n) is 5.89. The number of aliphatic hydroxyl groups is 1. The molecular weight excluding hydrogens is 202 g/mol. The average Bonchev–Trinajstić information content (AvgIpc) is 2.22. The lowest BCUT2D eigenvalue weighted by atomic mass is 9.67. The smallest absolute Gasteiger partial charge is 0.222 e. The van der Waals surface area contributed by atoms with Gasteiger partial charge in [0.2, 0.25) is 5.95 Å². The highest BCUT2D eigenvalue weighted by Crippen LogP contribution is 2.43. The van der Waals surface area contributed by atoms with Gasteiger partial charge in [0.05, 0.1) is 0 Å². The molecule has 1 aromatic rings. The van der Waals surface area contributed by atoms with Gasteiger partial charge in [0.25, 0.3) is 0 Å². The first-order chi connectivity index (χ1) is 7.74. The van der Waals surface area contributed by atoms with Crippen LogP contribution in [-0.4, -0.2) is 28.2 Å². The molecule has 0 amide bonds. The summed E-state index contributed by atoms with van der Waals surface area (Å²) in [6, 6.07) is 1.89. The molecule has 16 heavy (non-hydrogen) atoms. The Kier molecular flexibility index (Phi) is 3.39. The molecule has 2 N–H and O–H groups in total. The predicted octanol–water partition coefficient (Wildman–Crippen LogP) is 1.75. The third-order valence-corrected chi connectivity index (χ3v) is 3.47. The number of nitrogens with zero attached hydrogens (tertiary/aromatic N) is 2. The Labute approximate surface area is 96.1 Å². The standard InChI is InChI=1S/C12H19N3O/c1-10-3-7-13-11(15-10)14-9-12(6-8-16)4-2-5-12/h3,7,16H,2,4-6,8-9H2,1H3,(H,13,14,15). The van der Waals surface area contributed by atoms with E-state index in [0.717, 1.165) is 18.7 Å². The molecule has 1 fully saturated rings. The van der Waals surface area contributed by atoms with Crippen LogP contribution in [0.1, 0.15) is 31.4 Å². The zero-order valence-electron chi connectivity index (χ0n) is 9.74. The van der Waals surface area contributed by atoms with Crippen molar-refractivity contribution in [2.45, 2.75) is 32.6 Å². The zero-order chi connectivity index (χ0) is 11.4. The van der Waals surface area contributed by atoms with Crippen molar-refractivity contribution in [1.29, 1.82) is 0 Å². The van der Waals surface area contributed by atoms with Crippen molar-refractivity contribution in [3.63, 3.8) is 0 Å². The van der Waals surface area contributed by atoms with E-state index in [1.165, 1.54) is 19.3 Å². The number of hydrogen-bond acceptors (Lipinski definition) is 4. The molecule has 1 aliphatic rings. The number of nitrogens with one attached hydrogen (secondary N) is 1. The van der Waals surface area contributed by atoms with Gasteiger partial charge in [-0.05, 0) is 37.7 Å². The lowest BCUT2D eigenvalue weighted by Crippen LogP contribution is -2.37. The SMILES string of the molecule is Cc1ccnc(NCC2(CCO)CCC2)n1. The van der Waals surface area contributed by atoms with E-state index in [1.54, 1.807) is 6.20 Å². The summed E-state index contributed by atoms with van der Waals surface area (Å²) in [5.41, 5.74) is 1.25. The molecule has 88 valence electrons. The number of aryl methyl sites for hydroxylation is 1. The number of aliphatic hydroxyl groups excluding tert-OH is 1. The molecule has 1 saturated carbocycles. The van der Waals surface area contributed by atoms with Gasteiger partial charge in [0, 0.05) is 25.0 Å². The highest BCUT2D eigenvalue weighted by molar-refractivity contribution is 5.25. The van der Waals surface area contributed by atoms with Gasteiger partial charge in [-0.1, -0.05) is 6.42 Å². The summed E-state index contributed by atoms with van der Waals surface area (Å²) in [5, 5.41) is 12.3. The molecule has 2 rings (SSSR count). The molecule has 0 aliphatic heterocycles. The van der Waals surface area contributed by atoms with Crippen molar-refractivity contribution in [2.75, 3.05) is 18.5 Å². The first kappa shape index (κ1) is 11.3. The van der Waals surface area contributed by atoms with Crippen LogP contribution in [0.4, 0.5) is 5.95 Å². The number of anilines is 1. The van der Waals surface area contributed by atoms with Crippen LogP contribution in [0.15, 0.2) is 12.3 Å². The van der Waals surface area contributed by atoms with E-state index >= 15 is 0 Å². The predicted molar refractivity (Wildman–Crippen MR) is 63.2 cm³/mol. The monoisotopic (exact) mass is 221 g/mol. The fourth-order valence-corrected chi connectivity index (χ4v) is 2.23. The molecule has 0 bridgehead atoms. The van der Waals surface area contributed by atoms with Gasteiger partial charge in [-0.3, -0.25) is 0 Å².